The Morgan fingerprint density at radius 1 is 1.06 bits per heavy atom. The van der Waals surface area contributed by atoms with Crippen molar-refractivity contribution in [2.24, 2.45) is 11.8 Å². The maximum atomic E-state index is 12.4. The molecule has 2 amide bonds. The zero-order valence-electron chi connectivity index (χ0n) is 19.3. The van der Waals surface area contributed by atoms with E-state index in [0.29, 0.717) is 19.1 Å². The molecule has 1 aliphatic heterocycles. The van der Waals surface area contributed by atoms with E-state index in [9.17, 15) is 9.59 Å². The van der Waals surface area contributed by atoms with Gasteiger partial charge in [-0.15, -0.1) is 0 Å². The van der Waals surface area contributed by atoms with E-state index in [1.807, 2.05) is 6.92 Å². The standard InChI is InChI=1S/C24H37N5O3/c1-2-32-23(30)18-9-7-17(8-10-18)15-25-24(31)28-19-11-13-29(14-12-19)22-20-5-3-4-6-21(20)26-16-27-22/h16-19H,2-15H2,1H3,(H2,25,28,31). The lowest BCUT2D eigenvalue weighted by Crippen LogP contribution is -2.49. The maximum absolute atomic E-state index is 12.4. The normalized spacial score (nSPS) is 23.8. The van der Waals surface area contributed by atoms with Crippen LogP contribution in [0.3, 0.4) is 0 Å². The number of carbonyl (C=O) groups is 2. The smallest absolute Gasteiger partial charge is 0.315 e. The fraction of sp³-hybridized carbons (Fsp3) is 0.750. The zero-order valence-corrected chi connectivity index (χ0v) is 19.3. The van der Waals surface area contributed by atoms with Gasteiger partial charge < -0.3 is 20.3 Å². The number of rotatable bonds is 6. The summed E-state index contributed by atoms with van der Waals surface area (Å²) >= 11 is 0. The van der Waals surface area contributed by atoms with Crippen molar-refractivity contribution in [3.8, 4) is 0 Å². The predicted octanol–water partition coefficient (Wildman–Crippen LogP) is 2.99. The van der Waals surface area contributed by atoms with Crippen LogP contribution in [0.5, 0.6) is 0 Å². The molecule has 1 aromatic heterocycles. The Morgan fingerprint density at radius 3 is 2.56 bits per heavy atom. The number of anilines is 1. The summed E-state index contributed by atoms with van der Waals surface area (Å²) in [7, 11) is 0. The van der Waals surface area contributed by atoms with Crippen molar-refractivity contribution >= 4 is 17.8 Å². The second kappa shape index (κ2) is 11.0. The lowest BCUT2D eigenvalue weighted by atomic mass is 9.82. The molecule has 1 saturated heterocycles. The summed E-state index contributed by atoms with van der Waals surface area (Å²) < 4.78 is 5.13. The molecule has 0 unspecified atom stereocenters. The van der Waals surface area contributed by atoms with Crippen molar-refractivity contribution < 1.29 is 14.3 Å². The van der Waals surface area contributed by atoms with E-state index in [4.69, 9.17) is 4.74 Å². The molecule has 0 radical (unpaired) electrons. The minimum absolute atomic E-state index is 0.0331. The molecule has 2 aliphatic carbocycles. The van der Waals surface area contributed by atoms with E-state index >= 15 is 0 Å². The van der Waals surface area contributed by atoms with Crippen molar-refractivity contribution in [1.82, 2.24) is 20.6 Å². The minimum Gasteiger partial charge on any atom is -0.466 e. The molecule has 176 valence electrons. The van der Waals surface area contributed by atoms with Gasteiger partial charge in [0.1, 0.15) is 12.1 Å². The molecular formula is C24H37N5O3. The Balaban J connectivity index is 1.16. The molecular weight excluding hydrogens is 406 g/mol. The van der Waals surface area contributed by atoms with E-state index < -0.39 is 0 Å². The molecule has 0 spiro atoms. The highest BCUT2D eigenvalue weighted by Gasteiger charge is 2.28. The van der Waals surface area contributed by atoms with E-state index in [2.05, 4.69) is 25.5 Å². The van der Waals surface area contributed by atoms with Crippen molar-refractivity contribution in [2.45, 2.75) is 77.2 Å². The average molecular weight is 444 g/mol. The summed E-state index contributed by atoms with van der Waals surface area (Å²) in [6.45, 7) is 4.78. The molecule has 2 heterocycles. The molecule has 0 atom stereocenters. The molecule has 8 nitrogen and oxygen atoms in total. The molecule has 0 aromatic carbocycles. The first-order valence-corrected chi connectivity index (χ1v) is 12.4. The highest BCUT2D eigenvalue weighted by molar-refractivity contribution is 5.74. The largest absolute Gasteiger partial charge is 0.466 e. The van der Waals surface area contributed by atoms with E-state index in [1.165, 1.54) is 24.1 Å². The van der Waals surface area contributed by atoms with Gasteiger partial charge in [-0.3, -0.25) is 4.79 Å². The summed E-state index contributed by atoms with van der Waals surface area (Å²) in [4.78, 5) is 35.7. The van der Waals surface area contributed by atoms with Gasteiger partial charge in [-0.2, -0.15) is 0 Å². The van der Waals surface area contributed by atoms with Gasteiger partial charge in [0.15, 0.2) is 0 Å². The van der Waals surface area contributed by atoms with Crippen LogP contribution in [0.4, 0.5) is 10.6 Å². The Bertz CT molecular complexity index is 786. The second-order valence-electron chi connectivity index (χ2n) is 9.42. The van der Waals surface area contributed by atoms with Gasteiger partial charge in [0.05, 0.1) is 12.5 Å². The van der Waals surface area contributed by atoms with Gasteiger partial charge in [-0.05, 0) is 77.0 Å². The third kappa shape index (κ3) is 5.70. The number of amides is 2. The number of nitrogens with zero attached hydrogens (tertiary/aromatic N) is 3. The molecule has 0 bridgehead atoms. The Labute approximate surface area is 190 Å². The SMILES string of the molecule is CCOC(=O)C1CCC(CNC(=O)NC2CCN(c3ncnc4c3CCCC4)CC2)CC1. The fourth-order valence-corrected chi connectivity index (χ4v) is 5.35. The van der Waals surface area contributed by atoms with E-state index in [1.54, 1.807) is 6.33 Å². The van der Waals surface area contributed by atoms with Gasteiger partial charge >= 0.3 is 12.0 Å². The van der Waals surface area contributed by atoms with Crippen LogP contribution in [0.2, 0.25) is 0 Å². The Kier molecular flexibility index (Phi) is 7.81. The quantitative estimate of drug-likeness (QED) is 0.656. The summed E-state index contributed by atoms with van der Waals surface area (Å²) in [5, 5.41) is 6.21. The van der Waals surface area contributed by atoms with Crippen molar-refractivity contribution in [2.75, 3.05) is 31.1 Å². The number of aryl methyl sites for hydroxylation is 1. The maximum Gasteiger partial charge on any atom is 0.315 e. The van der Waals surface area contributed by atoms with Gasteiger partial charge in [-0.25, -0.2) is 14.8 Å². The molecule has 32 heavy (non-hydrogen) atoms. The fourth-order valence-electron chi connectivity index (χ4n) is 5.35. The van der Waals surface area contributed by atoms with Crippen molar-refractivity contribution in [1.29, 1.82) is 0 Å². The van der Waals surface area contributed by atoms with E-state index in [0.717, 1.165) is 70.3 Å². The van der Waals surface area contributed by atoms with Crippen LogP contribution in [-0.4, -0.2) is 54.3 Å². The number of piperidine rings is 1. The molecule has 3 aliphatic rings. The number of nitrogens with one attached hydrogen (secondary N) is 2. The van der Waals surface area contributed by atoms with Crippen LogP contribution in [0.1, 0.15) is 69.5 Å². The monoisotopic (exact) mass is 443 g/mol. The number of esters is 1. The Morgan fingerprint density at radius 2 is 1.81 bits per heavy atom. The van der Waals surface area contributed by atoms with Gasteiger partial charge in [-0.1, -0.05) is 0 Å². The minimum atomic E-state index is -0.0737. The third-order valence-corrected chi connectivity index (χ3v) is 7.25. The number of ether oxygens (including phenoxy) is 1. The number of urea groups is 1. The first kappa shape index (κ1) is 22.8. The lowest BCUT2D eigenvalue weighted by Gasteiger charge is -2.35. The number of aromatic nitrogens is 2. The molecule has 2 fully saturated rings. The first-order valence-electron chi connectivity index (χ1n) is 12.4. The molecule has 4 rings (SSSR count). The van der Waals surface area contributed by atoms with Crippen LogP contribution in [0, 0.1) is 11.8 Å². The van der Waals surface area contributed by atoms with Crippen molar-refractivity contribution in [3.63, 3.8) is 0 Å². The summed E-state index contributed by atoms with van der Waals surface area (Å²) in [5.41, 5.74) is 2.55. The Hall–Kier alpha value is -2.38. The number of hydrogen-bond acceptors (Lipinski definition) is 6. The zero-order chi connectivity index (χ0) is 22.3. The van der Waals surface area contributed by atoms with Crippen LogP contribution < -0.4 is 15.5 Å². The summed E-state index contributed by atoms with van der Waals surface area (Å²) in [6, 6.07) is 0.124. The molecule has 2 N–H and O–H groups in total. The topological polar surface area (TPSA) is 96.4 Å². The van der Waals surface area contributed by atoms with Crippen LogP contribution in [-0.2, 0) is 22.4 Å². The highest BCUT2D eigenvalue weighted by atomic mass is 16.5. The molecule has 1 saturated carbocycles. The predicted molar refractivity (Wildman–Crippen MR) is 123 cm³/mol. The van der Waals surface area contributed by atoms with Gasteiger partial charge in [0.25, 0.3) is 0 Å². The van der Waals surface area contributed by atoms with Crippen LogP contribution in [0.15, 0.2) is 6.33 Å². The number of hydrogen-bond donors (Lipinski definition) is 2. The summed E-state index contributed by atoms with van der Waals surface area (Å²) in [6.07, 6.45) is 11.8. The highest BCUT2D eigenvalue weighted by Crippen LogP contribution is 2.30. The molecule has 8 heteroatoms. The average Bonchev–Trinajstić information content (AvgIpc) is 2.83. The van der Waals surface area contributed by atoms with Gasteiger partial charge in [0.2, 0.25) is 0 Å². The molecule has 1 aromatic rings. The van der Waals surface area contributed by atoms with Crippen LogP contribution >= 0.6 is 0 Å². The van der Waals surface area contributed by atoms with E-state index in [-0.39, 0.29) is 24.0 Å². The third-order valence-electron chi connectivity index (χ3n) is 7.25. The number of fused-ring (bicyclic) bond motifs is 1. The van der Waals surface area contributed by atoms with Crippen molar-refractivity contribution in [3.05, 3.63) is 17.6 Å². The lowest BCUT2D eigenvalue weighted by molar-refractivity contribution is -0.149. The second-order valence-corrected chi connectivity index (χ2v) is 9.42. The van der Waals surface area contributed by atoms with Gasteiger partial charge in [0, 0.05) is 36.9 Å². The van der Waals surface area contributed by atoms with Crippen LogP contribution in [0.25, 0.3) is 0 Å². The number of carbonyl (C=O) groups excluding carboxylic acids is 2. The first-order chi connectivity index (χ1) is 15.6. The summed E-state index contributed by atoms with van der Waals surface area (Å²) in [5.74, 6) is 1.52.